The lowest BCUT2D eigenvalue weighted by atomic mass is 10.2. The fourth-order valence-electron chi connectivity index (χ4n) is 1.89. The predicted molar refractivity (Wildman–Crippen MR) is 73.5 cm³/mol. The Morgan fingerprint density at radius 3 is 2.94 bits per heavy atom. The Bertz CT molecular complexity index is 537. The Labute approximate surface area is 105 Å². The van der Waals surface area contributed by atoms with Gasteiger partial charge in [-0.1, -0.05) is 18.2 Å². The van der Waals surface area contributed by atoms with Gasteiger partial charge < -0.3 is 5.32 Å². The first kappa shape index (κ1) is 10.8. The minimum absolute atomic E-state index is 0.439. The maximum absolute atomic E-state index is 4.51. The van der Waals surface area contributed by atoms with Crippen molar-refractivity contribution in [1.82, 2.24) is 9.97 Å². The van der Waals surface area contributed by atoms with E-state index < -0.39 is 0 Å². The van der Waals surface area contributed by atoms with Gasteiger partial charge in [-0.05, 0) is 25.2 Å². The molecule has 17 heavy (non-hydrogen) atoms. The van der Waals surface area contributed by atoms with Gasteiger partial charge in [0.15, 0.2) is 0 Å². The van der Waals surface area contributed by atoms with Crippen LogP contribution in [-0.2, 0) is 0 Å². The Morgan fingerprint density at radius 1 is 1.35 bits per heavy atom. The number of aromatic nitrogens is 2. The van der Waals surface area contributed by atoms with Crippen molar-refractivity contribution in [3.63, 3.8) is 0 Å². The van der Waals surface area contributed by atoms with Crippen LogP contribution in [0.15, 0.2) is 30.5 Å². The third-order valence-electron chi connectivity index (χ3n) is 3.30. The summed E-state index contributed by atoms with van der Waals surface area (Å²) in [6.45, 7) is 0.965. The van der Waals surface area contributed by atoms with Gasteiger partial charge >= 0.3 is 0 Å². The van der Waals surface area contributed by atoms with Crippen molar-refractivity contribution in [2.45, 2.75) is 17.6 Å². The second-order valence-electron chi connectivity index (χ2n) is 4.49. The van der Waals surface area contributed by atoms with E-state index in [4.69, 9.17) is 0 Å². The highest BCUT2D eigenvalue weighted by molar-refractivity contribution is 8.00. The van der Waals surface area contributed by atoms with E-state index in [9.17, 15) is 0 Å². The average Bonchev–Trinajstić information content (AvgIpc) is 3.17. The first-order chi connectivity index (χ1) is 8.31. The van der Waals surface area contributed by atoms with Gasteiger partial charge in [-0.3, -0.25) is 0 Å². The number of nitrogens with one attached hydrogen (secondary N) is 1. The molecule has 1 aromatic heterocycles. The summed E-state index contributed by atoms with van der Waals surface area (Å²) in [5.74, 6) is 0.740. The van der Waals surface area contributed by atoms with Crippen LogP contribution in [0.2, 0.25) is 0 Å². The monoisotopic (exact) mass is 245 g/mol. The summed E-state index contributed by atoms with van der Waals surface area (Å²) >= 11 is 1.94. The summed E-state index contributed by atoms with van der Waals surface area (Å²) in [5, 5.41) is 4.43. The van der Waals surface area contributed by atoms with Crippen LogP contribution in [0.4, 0.5) is 5.95 Å². The zero-order chi connectivity index (χ0) is 11.7. The molecule has 0 saturated heterocycles. The number of anilines is 1. The lowest BCUT2D eigenvalue weighted by Crippen LogP contribution is -2.18. The van der Waals surface area contributed by atoms with Crippen LogP contribution in [0, 0.1) is 0 Å². The van der Waals surface area contributed by atoms with Crippen molar-refractivity contribution in [2.75, 3.05) is 18.1 Å². The maximum atomic E-state index is 4.51. The highest BCUT2D eigenvalue weighted by Crippen LogP contribution is 2.46. The fourth-order valence-corrected chi connectivity index (χ4v) is 2.62. The molecule has 0 amide bonds. The molecule has 1 fully saturated rings. The van der Waals surface area contributed by atoms with Crippen molar-refractivity contribution in [2.24, 2.45) is 0 Å². The van der Waals surface area contributed by atoms with E-state index in [1.54, 1.807) is 0 Å². The topological polar surface area (TPSA) is 37.8 Å². The smallest absolute Gasteiger partial charge is 0.223 e. The zero-order valence-electron chi connectivity index (χ0n) is 9.81. The highest BCUT2D eigenvalue weighted by Gasteiger charge is 2.41. The Morgan fingerprint density at radius 2 is 2.18 bits per heavy atom. The number of rotatable bonds is 4. The molecule has 4 heteroatoms. The van der Waals surface area contributed by atoms with Crippen LogP contribution in [0.25, 0.3) is 10.9 Å². The molecule has 0 unspecified atom stereocenters. The summed E-state index contributed by atoms with van der Waals surface area (Å²) in [6.07, 6.45) is 6.66. The van der Waals surface area contributed by atoms with Gasteiger partial charge in [-0.25, -0.2) is 9.97 Å². The Hall–Kier alpha value is -1.29. The summed E-state index contributed by atoms with van der Waals surface area (Å²) in [4.78, 5) is 8.85. The van der Waals surface area contributed by atoms with Gasteiger partial charge in [-0.2, -0.15) is 11.8 Å². The summed E-state index contributed by atoms with van der Waals surface area (Å²) in [7, 11) is 0. The predicted octanol–water partition coefficient (Wildman–Crippen LogP) is 2.94. The van der Waals surface area contributed by atoms with Gasteiger partial charge in [-0.15, -0.1) is 0 Å². The summed E-state index contributed by atoms with van der Waals surface area (Å²) < 4.78 is 0.439. The van der Waals surface area contributed by atoms with E-state index in [1.165, 1.54) is 12.8 Å². The van der Waals surface area contributed by atoms with Crippen molar-refractivity contribution in [3.8, 4) is 0 Å². The van der Waals surface area contributed by atoms with Crippen LogP contribution in [-0.4, -0.2) is 27.5 Å². The largest absolute Gasteiger partial charge is 0.353 e. The van der Waals surface area contributed by atoms with Crippen LogP contribution in [0.3, 0.4) is 0 Å². The molecule has 0 aliphatic heterocycles. The fraction of sp³-hybridized carbons (Fsp3) is 0.385. The van der Waals surface area contributed by atoms with E-state index >= 15 is 0 Å². The molecule has 1 aliphatic rings. The minimum atomic E-state index is 0.439. The molecule has 3 nitrogen and oxygen atoms in total. The molecular weight excluding hydrogens is 230 g/mol. The van der Waals surface area contributed by atoms with E-state index in [2.05, 4.69) is 21.5 Å². The molecule has 0 bridgehead atoms. The lowest BCUT2D eigenvalue weighted by Gasteiger charge is -2.12. The first-order valence-electron chi connectivity index (χ1n) is 5.82. The number of para-hydroxylation sites is 1. The van der Waals surface area contributed by atoms with Gasteiger partial charge in [0.2, 0.25) is 5.95 Å². The van der Waals surface area contributed by atoms with E-state index in [0.717, 1.165) is 23.4 Å². The van der Waals surface area contributed by atoms with Crippen LogP contribution < -0.4 is 5.32 Å². The Balaban J connectivity index is 1.77. The maximum Gasteiger partial charge on any atom is 0.223 e. The van der Waals surface area contributed by atoms with E-state index in [0.29, 0.717) is 4.75 Å². The third kappa shape index (κ3) is 2.22. The molecule has 3 rings (SSSR count). The number of thioether (sulfide) groups is 1. The zero-order valence-corrected chi connectivity index (χ0v) is 10.6. The summed E-state index contributed by atoms with van der Waals surface area (Å²) in [6, 6.07) is 8.06. The second kappa shape index (κ2) is 4.18. The standard InChI is InChI=1S/C13H15N3S/c1-17-13(6-7-13)9-15-12-14-8-10-4-2-3-5-11(10)16-12/h2-5,8H,6-7,9H2,1H3,(H,14,15,16). The summed E-state index contributed by atoms with van der Waals surface area (Å²) in [5.41, 5.74) is 0.999. The Kier molecular flexibility index (Phi) is 2.67. The van der Waals surface area contributed by atoms with Gasteiger partial charge in [0.05, 0.1) is 5.52 Å². The SMILES string of the molecule is CSC1(CNc2ncc3ccccc3n2)CC1. The van der Waals surface area contributed by atoms with Crippen molar-refractivity contribution in [1.29, 1.82) is 0 Å². The molecule has 1 saturated carbocycles. The van der Waals surface area contributed by atoms with Crippen LogP contribution >= 0.6 is 11.8 Å². The molecular formula is C13H15N3S. The van der Waals surface area contributed by atoms with Crippen molar-refractivity contribution in [3.05, 3.63) is 30.5 Å². The molecule has 88 valence electrons. The van der Waals surface area contributed by atoms with E-state index in [1.807, 2.05) is 42.2 Å². The molecule has 0 spiro atoms. The molecule has 1 aromatic carbocycles. The number of benzene rings is 1. The van der Waals surface area contributed by atoms with Gasteiger partial charge in [0, 0.05) is 22.9 Å². The molecule has 0 radical (unpaired) electrons. The molecule has 1 N–H and O–H groups in total. The number of hydrogen-bond donors (Lipinski definition) is 1. The molecule has 2 aromatic rings. The van der Waals surface area contributed by atoms with Crippen molar-refractivity contribution >= 4 is 28.6 Å². The molecule has 0 atom stereocenters. The van der Waals surface area contributed by atoms with E-state index in [-0.39, 0.29) is 0 Å². The third-order valence-corrected chi connectivity index (χ3v) is 4.72. The minimum Gasteiger partial charge on any atom is -0.353 e. The number of fused-ring (bicyclic) bond motifs is 1. The van der Waals surface area contributed by atoms with Gasteiger partial charge in [0.1, 0.15) is 0 Å². The first-order valence-corrected chi connectivity index (χ1v) is 7.05. The number of nitrogens with zero attached hydrogens (tertiary/aromatic N) is 2. The number of hydrogen-bond acceptors (Lipinski definition) is 4. The normalized spacial score (nSPS) is 17.0. The highest BCUT2D eigenvalue weighted by atomic mass is 32.2. The quantitative estimate of drug-likeness (QED) is 0.898. The molecule has 1 aliphatic carbocycles. The van der Waals surface area contributed by atoms with Crippen LogP contribution in [0.1, 0.15) is 12.8 Å². The molecule has 1 heterocycles. The average molecular weight is 245 g/mol. The lowest BCUT2D eigenvalue weighted by molar-refractivity contribution is 0.930. The van der Waals surface area contributed by atoms with Crippen LogP contribution in [0.5, 0.6) is 0 Å². The van der Waals surface area contributed by atoms with Gasteiger partial charge in [0.25, 0.3) is 0 Å². The second-order valence-corrected chi connectivity index (χ2v) is 5.77. The van der Waals surface area contributed by atoms with Crippen molar-refractivity contribution < 1.29 is 0 Å².